The van der Waals surface area contributed by atoms with Crippen molar-refractivity contribution >= 4 is 5.97 Å². The standard InChI is InChI=1S/C46H93NO2/c1-5-9-12-15-21-29-36-44-49-46(48)40-33-26-22-28-35-43-47(41-8-4)42-34-27-20-18-19-25-32-39-45(37-30-23-16-13-10-6-2)38-31-24-17-14-11-7-3/h45H,5-44H2,1-4H3. The molecule has 294 valence electrons. The molecule has 0 spiro atoms. The number of unbranched alkanes of at least 4 members (excludes halogenated alkanes) is 26. The summed E-state index contributed by atoms with van der Waals surface area (Å²) >= 11 is 0. The largest absolute Gasteiger partial charge is 0.466 e. The third-order valence-corrected chi connectivity index (χ3v) is 10.9. The van der Waals surface area contributed by atoms with E-state index in [-0.39, 0.29) is 5.97 Å². The molecule has 0 bridgehead atoms. The van der Waals surface area contributed by atoms with Crippen LogP contribution in [-0.4, -0.2) is 37.1 Å². The van der Waals surface area contributed by atoms with Crippen LogP contribution in [0.4, 0.5) is 0 Å². The first kappa shape index (κ1) is 48.4. The molecular weight excluding hydrogens is 599 g/mol. The molecule has 3 nitrogen and oxygen atoms in total. The molecule has 3 heteroatoms. The molecule has 0 N–H and O–H groups in total. The molecule has 0 unspecified atom stereocenters. The van der Waals surface area contributed by atoms with E-state index in [4.69, 9.17) is 4.74 Å². The highest BCUT2D eigenvalue weighted by atomic mass is 16.5. The Morgan fingerprint density at radius 3 is 1.14 bits per heavy atom. The number of hydrogen-bond donors (Lipinski definition) is 0. The maximum atomic E-state index is 12.0. The minimum Gasteiger partial charge on any atom is -0.466 e. The van der Waals surface area contributed by atoms with Crippen molar-refractivity contribution in [3.05, 3.63) is 0 Å². The van der Waals surface area contributed by atoms with Crippen LogP contribution >= 0.6 is 0 Å². The van der Waals surface area contributed by atoms with E-state index < -0.39 is 0 Å². The molecule has 0 atom stereocenters. The fourth-order valence-corrected chi connectivity index (χ4v) is 7.62. The van der Waals surface area contributed by atoms with Gasteiger partial charge in [-0.15, -0.1) is 0 Å². The molecule has 0 aromatic rings. The highest BCUT2D eigenvalue weighted by molar-refractivity contribution is 5.69. The van der Waals surface area contributed by atoms with E-state index in [0.717, 1.165) is 18.8 Å². The summed E-state index contributed by atoms with van der Waals surface area (Å²) in [6.07, 6.45) is 48.7. The summed E-state index contributed by atoms with van der Waals surface area (Å²) in [5, 5.41) is 0. The van der Waals surface area contributed by atoms with Gasteiger partial charge in [0.1, 0.15) is 0 Å². The summed E-state index contributed by atoms with van der Waals surface area (Å²) in [6.45, 7) is 13.7. The van der Waals surface area contributed by atoms with Crippen LogP contribution in [0.5, 0.6) is 0 Å². The van der Waals surface area contributed by atoms with E-state index in [1.165, 1.54) is 232 Å². The summed E-state index contributed by atoms with van der Waals surface area (Å²) in [5.74, 6) is 1.03. The van der Waals surface area contributed by atoms with Gasteiger partial charge >= 0.3 is 5.97 Å². The van der Waals surface area contributed by atoms with Gasteiger partial charge in [-0.1, -0.05) is 220 Å². The molecule has 0 aliphatic carbocycles. The van der Waals surface area contributed by atoms with Crippen LogP contribution in [0.3, 0.4) is 0 Å². The lowest BCUT2D eigenvalue weighted by Gasteiger charge is -2.21. The third kappa shape index (κ3) is 38.5. The van der Waals surface area contributed by atoms with Crippen molar-refractivity contribution in [2.75, 3.05) is 26.2 Å². The average molecular weight is 692 g/mol. The number of carbonyl (C=O) groups excluding carboxylic acids is 1. The molecule has 0 aliphatic rings. The zero-order valence-electron chi connectivity index (χ0n) is 34.6. The maximum Gasteiger partial charge on any atom is 0.305 e. The summed E-state index contributed by atoms with van der Waals surface area (Å²) in [6, 6.07) is 0. The van der Waals surface area contributed by atoms with Crippen molar-refractivity contribution in [2.24, 2.45) is 5.92 Å². The Hall–Kier alpha value is -0.570. The number of nitrogens with zero attached hydrogens (tertiary/aromatic N) is 1. The van der Waals surface area contributed by atoms with Gasteiger partial charge in [-0.2, -0.15) is 0 Å². The van der Waals surface area contributed by atoms with Gasteiger partial charge in [0.05, 0.1) is 6.61 Å². The smallest absolute Gasteiger partial charge is 0.305 e. The Morgan fingerprint density at radius 2 is 0.735 bits per heavy atom. The first-order valence-electron chi connectivity index (χ1n) is 23.1. The summed E-state index contributed by atoms with van der Waals surface area (Å²) in [5.41, 5.74) is 0. The van der Waals surface area contributed by atoms with E-state index >= 15 is 0 Å². The molecule has 0 saturated carbocycles. The van der Waals surface area contributed by atoms with Crippen LogP contribution in [0.15, 0.2) is 0 Å². The summed E-state index contributed by atoms with van der Waals surface area (Å²) < 4.78 is 5.44. The van der Waals surface area contributed by atoms with Gasteiger partial charge in [0.2, 0.25) is 0 Å². The second-order valence-corrected chi connectivity index (χ2v) is 15.9. The Bertz CT molecular complexity index is 606. The normalized spacial score (nSPS) is 11.7. The molecule has 0 aromatic heterocycles. The molecular formula is C46H93NO2. The third-order valence-electron chi connectivity index (χ3n) is 10.9. The Labute approximate surface area is 310 Å². The molecule has 0 aromatic carbocycles. The highest BCUT2D eigenvalue weighted by Gasteiger charge is 2.09. The minimum absolute atomic E-state index is 0.0198. The van der Waals surface area contributed by atoms with Crippen molar-refractivity contribution in [3.63, 3.8) is 0 Å². The van der Waals surface area contributed by atoms with Gasteiger partial charge in [0.15, 0.2) is 0 Å². The van der Waals surface area contributed by atoms with Gasteiger partial charge in [0.25, 0.3) is 0 Å². The van der Waals surface area contributed by atoms with Crippen molar-refractivity contribution in [1.29, 1.82) is 0 Å². The van der Waals surface area contributed by atoms with Gasteiger partial charge < -0.3 is 9.64 Å². The minimum atomic E-state index is 0.0198. The zero-order valence-corrected chi connectivity index (χ0v) is 34.6. The fraction of sp³-hybridized carbons (Fsp3) is 0.978. The van der Waals surface area contributed by atoms with Crippen LogP contribution in [-0.2, 0) is 9.53 Å². The fourth-order valence-electron chi connectivity index (χ4n) is 7.62. The van der Waals surface area contributed by atoms with Crippen LogP contribution in [0.2, 0.25) is 0 Å². The predicted molar refractivity (Wildman–Crippen MR) is 220 cm³/mol. The van der Waals surface area contributed by atoms with Crippen molar-refractivity contribution in [1.82, 2.24) is 4.90 Å². The summed E-state index contributed by atoms with van der Waals surface area (Å²) in [4.78, 5) is 14.7. The van der Waals surface area contributed by atoms with Gasteiger partial charge in [-0.05, 0) is 57.7 Å². The Morgan fingerprint density at radius 1 is 0.388 bits per heavy atom. The number of hydrogen-bond acceptors (Lipinski definition) is 3. The van der Waals surface area contributed by atoms with E-state index in [0.29, 0.717) is 13.0 Å². The quantitative estimate of drug-likeness (QED) is 0.0471. The lowest BCUT2D eigenvalue weighted by atomic mass is 9.89. The van der Waals surface area contributed by atoms with E-state index in [1.807, 2.05) is 0 Å². The zero-order chi connectivity index (χ0) is 35.7. The molecule has 0 amide bonds. The van der Waals surface area contributed by atoms with E-state index in [1.54, 1.807) is 0 Å². The summed E-state index contributed by atoms with van der Waals surface area (Å²) in [7, 11) is 0. The van der Waals surface area contributed by atoms with Crippen LogP contribution in [0.1, 0.15) is 259 Å². The SMILES string of the molecule is CCCCCCCCCOC(=O)CCCCCCCN(CCC)CCCCCCCCCC(CCCCCCCC)CCCCCCCC. The maximum absolute atomic E-state index is 12.0. The monoisotopic (exact) mass is 692 g/mol. The lowest BCUT2D eigenvalue weighted by molar-refractivity contribution is -0.143. The number of esters is 1. The molecule has 0 heterocycles. The second kappa shape index (κ2) is 41.8. The van der Waals surface area contributed by atoms with Crippen molar-refractivity contribution in [2.45, 2.75) is 259 Å². The lowest BCUT2D eigenvalue weighted by Crippen LogP contribution is -2.27. The number of rotatable bonds is 42. The number of carbonyl (C=O) groups is 1. The number of ether oxygens (including phenoxy) is 1. The van der Waals surface area contributed by atoms with Crippen molar-refractivity contribution < 1.29 is 9.53 Å². The molecule has 0 rings (SSSR count). The highest BCUT2D eigenvalue weighted by Crippen LogP contribution is 2.25. The van der Waals surface area contributed by atoms with Crippen molar-refractivity contribution in [3.8, 4) is 0 Å². The van der Waals surface area contributed by atoms with E-state index in [2.05, 4.69) is 32.6 Å². The topological polar surface area (TPSA) is 29.5 Å². The predicted octanol–water partition coefficient (Wildman–Crippen LogP) is 15.6. The van der Waals surface area contributed by atoms with Gasteiger partial charge in [-0.25, -0.2) is 0 Å². The van der Waals surface area contributed by atoms with Gasteiger partial charge in [-0.3, -0.25) is 4.79 Å². The Kier molecular flexibility index (Phi) is 41.4. The second-order valence-electron chi connectivity index (χ2n) is 15.9. The van der Waals surface area contributed by atoms with Crippen LogP contribution in [0.25, 0.3) is 0 Å². The van der Waals surface area contributed by atoms with Crippen LogP contribution in [0, 0.1) is 5.92 Å². The molecule has 0 radical (unpaired) electrons. The van der Waals surface area contributed by atoms with Gasteiger partial charge in [0, 0.05) is 6.42 Å². The molecule has 0 aliphatic heterocycles. The molecule has 0 fully saturated rings. The first-order valence-corrected chi connectivity index (χ1v) is 23.1. The first-order chi connectivity index (χ1) is 24.2. The van der Waals surface area contributed by atoms with Crippen LogP contribution < -0.4 is 0 Å². The van der Waals surface area contributed by atoms with E-state index in [9.17, 15) is 4.79 Å². The Balaban J connectivity index is 3.82. The average Bonchev–Trinajstić information content (AvgIpc) is 3.10. The molecule has 49 heavy (non-hydrogen) atoms. The molecule has 0 saturated heterocycles.